The van der Waals surface area contributed by atoms with Gasteiger partial charge in [-0.15, -0.1) is 6.58 Å². The maximum absolute atomic E-state index is 13.1. The van der Waals surface area contributed by atoms with Gasteiger partial charge in [-0.25, -0.2) is 9.59 Å². The number of pyridine rings is 2. The van der Waals surface area contributed by atoms with Crippen molar-refractivity contribution in [1.29, 1.82) is 0 Å². The molecule has 4 heterocycles. The van der Waals surface area contributed by atoms with E-state index in [2.05, 4.69) is 27.5 Å². The Morgan fingerprint density at radius 1 is 1.08 bits per heavy atom. The Balaban J connectivity index is 1.30. The van der Waals surface area contributed by atoms with Crippen molar-refractivity contribution in [1.82, 2.24) is 14.9 Å². The highest BCUT2D eigenvalue weighted by molar-refractivity contribution is 5.91. The standard InChI is InChI=1S/C31H27N3O5/c1-2-14-34-15-11-31-22-8-10-25(38-30(36)21-6-4-13-33-18-21)28(31)39-27-24(9-7-19(26(27)31)16-23(22)34)37-29(35)20-5-3-12-32-17-20/h2-10,12-13,17-18,22-23,25,28H,1,11,14-16H2. The number of rotatable bonds is 6. The number of aromatic nitrogens is 2. The lowest BCUT2D eigenvalue weighted by atomic mass is 9.53. The molecule has 2 aliphatic heterocycles. The predicted molar refractivity (Wildman–Crippen MR) is 142 cm³/mol. The number of hydrogen-bond acceptors (Lipinski definition) is 8. The summed E-state index contributed by atoms with van der Waals surface area (Å²) in [6, 6.07) is 10.9. The topological polar surface area (TPSA) is 90.9 Å². The third-order valence-electron chi connectivity index (χ3n) is 8.56. The Kier molecular flexibility index (Phi) is 5.59. The summed E-state index contributed by atoms with van der Waals surface area (Å²) in [7, 11) is 0. The summed E-state index contributed by atoms with van der Waals surface area (Å²) in [6.07, 6.45) is 12.9. The second-order valence-corrected chi connectivity index (χ2v) is 10.5. The zero-order valence-corrected chi connectivity index (χ0v) is 21.2. The molecule has 2 aliphatic carbocycles. The Labute approximate surface area is 225 Å². The number of carbonyl (C=O) groups excluding carboxylic acids is 2. The number of hydrogen-bond donors (Lipinski definition) is 0. The smallest absolute Gasteiger partial charge is 0.345 e. The highest BCUT2D eigenvalue weighted by atomic mass is 16.6. The van der Waals surface area contributed by atoms with Gasteiger partial charge >= 0.3 is 11.9 Å². The first-order valence-electron chi connectivity index (χ1n) is 13.2. The monoisotopic (exact) mass is 521 g/mol. The molecule has 2 bridgehead atoms. The van der Waals surface area contributed by atoms with E-state index < -0.39 is 29.6 Å². The quantitative estimate of drug-likeness (QED) is 0.274. The molecule has 1 fully saturated rings. The number of esters is 2. The maximum atomic E-state index is 13.1. The van der Waals surface area contributed by atoms with Crippen LogP contribution in [0.4, 0.5) is 0 Å². The van der Waals surface area contributed by atoms with Crippen molar-refractivity contribution in [2.75, 3.05) is 13.1 Å². The molecule has 4 aliphatic rings. The second kappa shape index (κ2) is 9.17. The third kappa shape index (κ3) is 3.62. The molecular formula is C31H27N3O5. The number of nitrogens with zero attached hydrogens (tertiary/aromatic N) is 3. The van der Waals surface area contributed by atoms with Gasteiger partial charge in [-0.05, 0) is 61.4 Å². The van der Waals surface area contributed by atoms with Crippen LogP contribution in [0.5, 0.6) is 11.5 Å². The molecule has 0 radical (unpaired) electrons. The van der Waals surface area contributed by atoms with Crippen LogP contribution in [0.1, 0.15) is 38.3 Å². The molecule has 8 heteroatoms. The predicted octanol–water partition coefficient (Wildman–Crippen LogP) is 3.92. The minimum atomic E-state index is -0.610. The molecule has 1 spiro atoms. The number of benzene rings is 1. The van der Waals surface area contributed by atoms with Crippen LogP contribution < -0.4 is 9.47 Å². The zero-order valence-electron chi connectivity index (χ0n) is 21.2. The lowest BCUT2D eigenvalue weighted by Crippen LogP contribution is -2.65. The minimum Gasteiger partial charge on any atom is -0.481 e. The molecule has 7 rings (SSSR count). The summed E-state index contributed by atoms with van der Waals surface area (Å²) < 4.78 is 18.6. The van der Waals surface area contributed by atoms with Gasteiger partial charge in [0.2, 0.25) is 0 Å². The van der Waals surface area contributed by atoms with Gasteiger partial charge in [-0.2, -0.15) is 0 Å². The van der Waals surface area contributed by atoms with Crippen LogP contribution in [-0.2, 0) is 16.6 Å². The largest absolute Gasteiger partial charge is 0.481 e. The van der Waals surface area contributed by atoms with Gasteiger partial charge in [-0.3, -0.25) is 14.9 Å². The summed E-state index contributed by atoms with van der Waals surface area (Å²) in [4.78, 5) is 36.6. The zero-order chi connectivity index (χ0) is 26.6. The van der Waals surface area contributed by atoms with E-state index in [0.717, 1.165) is 31.5 Å². The molecule has 39 heavy (non-hydrogen) atoms. The normalized spacial score (nSPS) is 27.7. The van der Waals surface area contributed by atoms with Gasteiger partial charge in [0.25, 0.3) is 0 Å². The van der Waals surface area contributed by atoms with E-state index in [-0.39, 0.29) is 12.0 Å². The van der Waals surface area contributed by atoms with E-state index in [1.807, 2.05) is 24.3 Å². The van der Waals surface area contributed by atoms with Crippen molar-refractivity contribution in [2.45, 2.75) is 36.5 Å². The summed E-state index contributed by atoms with van der Waals surface area (Å²) >= 11 is 0. The Morgan fingerprint density at radius 3 is 2.56 bits per heavy atom. The van der Waals surface area contributed by atoms with Crippen molar-refractivity contribution in [3.8, 4) is 11.5 Å². The Bertz CT molecular complexity index is 1490. The van der Waals surface area contributed by atoms with Crippen LogP contribution in [0, 0.1) is 5.92 Å². The molecule has 8 nitrogen and oxygen atoms in total. The van der Waals surface area contributed by atoms with Crippen molar-refractivity contribution >= 4 is 11.9 Å². The average Bonchev–Trinajstić information content (AvgIpc) is 3.32. The van der Waals surface area contributed by atoms with E-state index in [1.54, 1.807) is 36.7 Å². The SMILES string of the molecule is C=CCN1CCC23c4c5ccc(OC(=O)c6cccnc6)c4OC2C(OC(=O)c2cccnc2)C=CC3C1C5. The summed E-state index contributed by atoms with van der Waals surface area (Å²) in [5.74, 6) is 0.143. The average molecular weight is 522 g/mol. The molecule has 3 aromatic rings. The van der Waals surface area contributed by atoms with Gasteiger partial charge < -0.3 is 14.2 Å². The van der Waals surface area contributed by atoms with Crippen molar-refractivity contribution in [3.63, 3.8) is 0 Å². The van der Waals surface area contributed by atoms with E-state index in [4.69, 9.17) is 14.2 Å². The van der Waals surface area contributed by atoms with E-state index in [9.17, 15) is 9.59 Å². The van der Waals surface area contributed by atoms with E-state index in [0.29, 0.717) is 22.6 Å². The number of ether oxygens (including phenoxy) is 3. The van der Waals surface area contributed by atoms with Crippen LogP contribution in [0.25, 0.3) is 0 Å². The third-order valence-corrected chi connectivity index (χ3v) is 8.56. The lowest BCUT2D eigenvalue weighted by Gasteiger charge is -2.57. The molecule has 0 amide bonds. The molecule has 2 aromatic heterocycles. The molecule has 0 N–H and O–H groups in total. The molecule has 5 atom stereocenters. The maximum Gasteiger partial charge on any atom is 0.345 e. The first-order chi connectivity index (χ1) is 19.1. The van der Waals surface area contributed by atoms with Crippen molar-refractivity contribution in [3.05, 3.63) is 108 Å². The number of piperidine rings is 1. The first kappa shape index (κ1) is 23.8. The van der Waals surface area contributed by atoms with Gasteiger partial charge in [0.15, 0.2) is 17.6 Å². The fourth-order valence-corrected chi connectivity index (χ4v) is 6.99. The van der Waals surface area contributed by atoms with Gasteiger partial charge in [0, 0.05) is 54.3 Å². The van der Waals surface area contributed by atoms with Crippen LogP contribution in [0.3, 0.4) is 0 Å². The molecule has 0 saturated carbocycles. The fraction of sp³-hybridized carbons (Fsp3) is 0.290. The Morgan fingerprint density at radius 2 is 1.85 bits per heavy atom. The summed E-state index contributed by atoms with van der Waals surface area (Å²) in [5, 5.41) is 0. The highest BCUT2D eigenvalue weighted by Crippen LogP contribution is 2.63. The number of carbonyl (C=O) groups is 2. The van der Waals surface area contributed by atoms with Crippen LogP contribution in [-0.4, -0.2) is 58.1 Å². The van der Waals surface area contributed by atoms with Gasteiger partial charge in [-0.1, -0.05) is 18.2 Å². The lowest BCUT2D eigenvalue weighted by molar-refractivity contribution is -0.0582. The van der Waals surface area contributed by atoms with Crippen molar-refractivity contribution < 1.29 is 23.8 Å². The van der Waals surface area contributed by atoms with E-state index >= 15 is 0 Å². The van der Waals surface area contributed by atoms with Crippen LogP contribution in [0.2, 0.25) is 0 Å². The Hall–Kier alpha value is -4.30. The molecule has 196 valence electrons. The highest BCUT2D eigenvalue weighted by Gasteiger charge is 2.65. The van der Waals surface area contributed by atoms with Gasteiger partial charge in [0.05, 0.1) is 11.1 Å². The van der Waals surface area contributed by atoms with Gasteiger partial charge in [0.1, 0.15) is 6.10 Å². The summed E-state index contributed by atoms with van der Waals surface area (Å²) in [6.45, 7) is 5.64. The minimum absolute atomic E-state index is 0.155. The van der Waals surface area contributed by atoms with Crippen LogP contribution in [0.15, 0.2) is 86.0 Å². The molecule has 5 unspecified atom stereocenters. The summed E-state index contributed by atoms with van der Waals surface area (Å²) in [5.41, 5.74) is 2.59. The fourth-order valence-electron chi connectivity index (χ4n) is 6.99. The molecule has 1 saturated heterocycles. The number of likely N-dealkylation sites (tertiary alicyclic amines) is 1. The van der Waals surface area contributed by atoms with Crippen molar-refractivity contribution in [2.24, 2.45) is 5.92 Å². The van der Waals surface area contributed by atoms with Crippen LogP contribution >= 0.6 is 0 Å². The van der Waals surface area contributed by atoms with E-state index in [1.165, 1.54) is 18.0 Å². The molecular weight excluding hydrogens is 494 g/mol. The second-order valence-electron chi connectivity index (χ2n) is 10.5. The molecule has 1 aromatic carbocycles. The first-order valence-corrected chi connectivity index (χ1v) is 13.2.